The predicted molar refractivity (Wildman–Crippen MR) is 33.5 cm³/mol. The fourth-order valence-corrected chi connectivity index (χ4v) is 0.302. The summed E-state index contributed by atoms with van der Waals surface area (Å²) in [4.78, 5) is 0. The summed E-state index contributed by atoms with van der Waals surface area (Å²) in [5, 5.41) is 2.97. The Morgan fingerprint density at radius 1 is 1.71 bits per heavy atom. The summed E-state index contributed by atoms with van der Waals surface area (Å²) in [5.74, 6) is 0. The lowest BCUT2D eigenvalue weighted by atomic mass is 10.5. The second-order valence-electron chi connectivity index (χ2n) is 1.33. The van der Waals surface area contributed by atoms with Crippen LogP contribution in [0.4, 0.5) is 0 Å². The maximum atomic E-state index is 5.53. The summed E-state index contributed by atoms with van der Waals surface area (Å²) >= 11 is 5.53. The van der Waals surface area contributed by atoms with Crippen LogP contribution in [0.1, 0.15) is 6.92 Å². The standard InChI is InChI=1S/C5H10ClN/c1-5(6)3-4-7-2/h3-5,7H,1-2H3/b4-3-. The monoisotopic (exact) mass is 119 g/mol. The van der Waals surface area contributed by atoms with Gasteiger partial charge in [0.15, 0.2) is 0 Å². The number of halogens is 1. The summed E-state index contributed by atoms with van der Waals surface area (Å²) in [6.45, 7) is 1.91. The summed E-state index contributed by atoms with van der Waals surface area (Å²) in [6.07, 6.45) is 3.69. The molecule has 1 unspecified atom stereocenters. The molecule has 7 heavy (non-hydrogen) atoms. The molecular formula is C5H10ClN. The molecule has 0 radical (unpaired) electrons. The number of hydrogen-bond donors (Lipinski definition) is 1. The van der Waals surface area contributed by atoms with Gasteiger partial charge in [-0.2, -0.15) is 0 Å². The molecule has 0 saturated carbocycles. The minimum absolute atomic E-state index is 0.132. The molecule has 0 aromatic carbocycles. The predicted octanol–water partition coefficient (Wildman–Crippen LogP) is 1.35. The van der Waals surface area contributed by atoms with Crippen LogP contribution in [0.15, 0.2) is 12.3 Å². The Morgan fingerprint density at radius 2 is 2.29 bits per heavy atom. The van der Waals surface area contributed by atoms with Crippen molar-refractivity contribution in [2.75, 3.05) is 7.05 Å². The highest BCUT2D eigenvalue weighted by Gasteiger charge is 1.81. The maximum absolute atomic E-state index is 5.53. The van der Waals surface area contributed by atoms with E-state index in [1.807, 2.05) is 26.2 Å². The molecule has 1 atom stereocenters. The van der Waals surface area contributed by atoms with E-state index in [1.54, 1.807) is 0 Å². The smallest absolute Gasteiger partial charge is 0.0504 e. The minimum Gasteiger partial charge on any atom is -0.394 e. The zero-order chi connectivity index (χ0) is 5.70. The number of nitrogens with one attached hydrogen (secondary N) is 1. The fraction of sp³-hybridized carbons (Fsp3) is 0.600. The second kappa shape index (κ2) is 4.00. The molecule has 2 heteroatoms. The first-order valence-electron chi connectivity index (χ1n) is 2.25. The highest BCUT2D eigenvalue weighted by molar-refractivity contribution is 6.21. The van der Waals surface area contributed by atoms with Crippen LogP contribution in [0.2, 0.25) is 0 Å². The van der Waals surface area contributed by atoms with Crippen LogP contribution >= 0.6 is 11.6 Å². The Balaban J connectivity index is 3.08. The van der Waals surface area contributed by atoms with Crippen molar-refractivity contribution in [1.29, 1.82) is 0 Å². The van der Waals surface area contributed by atoms with Gasteiger partial charge in [0.1, 0.15) is 0 Å². The summed E-state index contributed by atoms with van der Waals surface area (Å²) in [7, 11) is 1.84. The van der Waals surface area contributed by atoms with Gasteiger partial charge in [0.05, 0.1) is 5.38 Å². The molecule has 0 aliphatic heterocycles. The fourth-order valence-electron chi connectivity index (χ4n) is 0.229. The van der Waals surface area contributed by atoms with Crippen LogP contribution in [-0.4, -0.2) is 12.4 Å². The molecule has 0 heterocycles. The van der Waals surface area contributed by atoms with Crippen molar-refractivity contribution in [2.24, 2.45) is 0 Å². The summed E-state index contributed by atoms with van der Waals surface area (Å²) in [5.41, 5.74) is 0. The van der Waals surface area contributed by atoms with E-state index in [1.165, 1.54) is 0 Å². The molecule has 0 aliphatic carbocycles. The van der Waals surface area contributed by atoms with E-state index >= 15 is 0 Å². The molecule has 0 spiro atoms. The lowest BCUT2D eigenvalue weighted by molar-refractivity contribution is 1.07. The number of rotatable bonds is 2. The molecular weight excluding hydrogens is 110 g/mol. The molecule has 0 saturated heterocycles. The van der Waals surface area contributed by atoms with Gasteiger partial charge < -0.3 is 5.32 Å². The molecule has 0 aromatic rings. The van der Waals surface area contributed by atoms with Crippen LogP contribution in [-0.2, 0) is 0 Å². The van der Waals surface area contributed by atoms with Gasteiger partial charge in [-0.3, -0.25) is 0 Å². The van der Waals surface area contributed by atoms with E-state index in [9.17, 15) is 0 Å². The first kappa shape index (κ1) is 6.83. The van der Waals surface area contributed by atoms with Crippen LogP contribution in [0.3, 0.4) is 0 Å². The van der Waals surface area contributed by atoms with Crippen molar-refractivity contribution in [3.8, 4) is 0 Å². The largest absolute Gasteiger partial charge is 0.394 e. The summed E-state index contributed by atoms with van der Waals surface area (Å²) in [6, 6.07) is 0. The third kappa shape index (κ3) is 5.83. The Bertz CT molecular complexity index is 59.1. The highest BCUT2D eigenvalue weighted by Crippen LogP contribution is 1.91. The van der Waals surface area contributed by atoms with Crippen LogP contribution in [0.25, 0.3) is 0 Å². The van der Waals surface area contributed by atoms with E-state index in [-0.39, 0.29) is 5.38 Å². The van der Waals surface area contributed by atoms with Gasteiger partial charge in [0.25, 0.3) is 0 Å². The van der Waals surface area contributed by atoms with E-state index in [2.05, 4.69) is 5.32 Å². The van der Waals surface area contributed by atoms with E-state index in [4.69, 9.17) is 11.6 Å². The molecule has 0 aromatic heterocycles. The third-order valence-electron chi connectivity index (χ3n) is 0.528. The Hall–Kier alpha value is -0.170. The Morgan fingerprint density at radius 3 is 2.43 bits per heavy atom. The molecule has 1 nitrogen and oxygen atoms in total. The first-order valence-corrected chi connectivity index (χ1v) is 2.69. The molecule has 0 rings (SSSR count). The van der Waals surface area contributed by atoms with Crippen molar-refractivity contribution >= 4 is 11.6 Å². The van der Waals surface area contributed by atoms with Gasteiger partial charge in [-0.15, -0.1) is 11.6 Å². The lowest BCUT2D eigenvalue weighted by Crippen LogP contribution is -1.93. The SMILES string of the molecule is CN/C=C\C(C)Cl. The van der Waals surface area contributed by atoms with Crippen molar-refractivity contribution in [3.05, 3.63) is 12.3 Å². The first-order chi connectivity index (χ1) is 3.27. The van der Waals surface area contributed by atoms with Crippen molar-refractivity contribution in [2.45, 2.75) is 12.3 Å². The zero-order valence-corrected chi connectivity index (χ0v) is 5.37. The van der Waals surface area contributed by atoms with Crippen LogP contribution in [0.5, 0.6) is 0 Å². The molecule has 0 fully saturated rings. The molecule has 42 valence electrons. The highest BCUT2D eigenvalue weighted by atomic mass is 35.5. The average Bonchev–Trinajstić information content (AvgIpc) is 1.61. The Kier molecular flexibility index (Phi) is 3.90. The number of alkyl halides is 1. The maximum Gasteiger partial charge on any atom is 0.0504 e. The van der Waals surface area contributed by atoms with Gasteiger partial charge in [-0.05, 0) is 13.1 Å². The second-order valence-corrected chi connectivity index (χ2v) is 2.01. The average molecular weight is 120 g/mol. The van der Waals surface area contributed by atoms with Crippen LogP contribution in [0, 0.1) is 0 Å². The lowest BCUT2D eigenvalue weighted by Gasteiger charge is -1.88. The minimum atomic E-state index is 0.132. The van der Waals surface area contributed by atoms with Gasteiger partial charge in [0.2, 0.25) is 0 Å². The Labute approximate surface area is 49.4 Å². The zero-order valence-electron chi connectivity index (χ0n) is 4.61. The number of allylic oxidation sites excluding steroid dienone is 1. The van der Waals surface area contributed by atoms with Gasteiger partial charge in [-0.25, -0.2) is 0 Å². The van der Waals surface area contributed by atoms with Crippen molar-refractivity contribution in [3.63, 3.8) is 0 Å². The topological polar surface area (TPSA) is 12.0 Å². The van der Waals surface area contributed by atoms with Crippen molar-refractivity contribution < 1.29 is 0 Å². The molecule has 0 bridgehead atoms. The van der Waals surface area contributed by atoms with E-state index in [0.717, 1.165) is 0 Å². The number of hydrogen-bond acceptors (Lipinski definition) is 1. The third-order valence-corrected chi connectivity index (χ3v) is 0.674. The molecule has 0 amide bonds. The van der Waals surface area contributed by atoms with E-state index in [0.29, 0.717) is 0 Å². The van der Waals surface area contributed by atoms with E-state index < -0.39 is 0 Å². The van der Waals surface area contributed by atoms with Crippen LogP contribution < -0.4 is 5.32 Å². The quantitative estimate of drug-likeness (QED) is 0.541. The summed E-state index contributed by atoms with van der Waals surface area (Å²) < 4.78 is 0. The van der Waals surface area contributed by atoms with Crippen molar-refractivity contribution in [1.82, 2.24) is 5.32 Å². The van der Waals surface area contributed by atoms with Gasteiger partial charge >= 0.3 is 0 Å². The normalized spacial score (nSPS) is 14.7. The van der Waals surface area contributed by atoms with Gasteiger partial charge in [-0.1, -0.05) is 6.08 Å². The molecule has 1 N–H and O–H groups in total. The molecule has 0 aliphatic rings. The van der Waals surface area contributed by atoms with Gasteiger partial charge in [0, 0.05) is 7.05 Å².